The van der Waals surface area contributed by atoms with Gasteiger partial charge in [-0.15, -0.1) is 0 Å². The van der Waals surface area contributed by atoms with Crippen molar-refractivity contribution in [3.63, 3.8) is 0 Å². The van der Waals surface area contributed by atoms with Crippen molar-refractivity contribution < 1.29 is 9.74 Å². The van der Waals surface area contributed by atoms with Crippen LogP contribution < -0.4 is 0 Å². The zero-order valence-corrected chi connectivity index (χ0v) is 6.40. The molecule has 4 nitrogen and oxygen atoms in total. The largest absolute Gasteiger partial charge is 0.392 e. The fourth-order valence-corrected chi connectivity index (χ4v) is 1.15. The number of allylic oxidation sites excluding steroid dienone is 2. The minimum absolute atomic E-state index is 0.0249. The highest BCUT2D eigenvalue weighted by molar-refractivity contribution is 5.71. The quantitative estimate of drug-likeness (QED) is 0.668. The van der Waals surface area contributed by atoms with E-state index >= 15 is 0 Å². The van der Waals surface area contributed by atoms with Gasteiger partial charge in [0.1, 0.15) is 11.4 Å². The number of nitrogens with zero attached hydrogens (tertiary/aromatic N) is 2. The number of rotatable bonds is 1. The van der Waals surface area contributed by atoms with Gasteiger partial charge < -0.3 is 5.11 Å². The van der Waals surface area contributed by atoms with Crippen molar-refractivity contribution in [2.45, 2.75) is 6.42 Å². The standard InChI is InChI=1S/C8H8N2O2/c11-5-6-3-1-2-4-7-8(6)10-12-9-7/h2-4,11H,1,5H2. The topological polar surface area (TPSA) is 59.2 Å². The number of hydrogen-bond donors (Lipinski definition) is 1. The van der Waals surface area contributed by atoms with Crippen LogP contribution in [-0.4, -0.2) is 22.0 Å². The van der Waals surface area contributed by atoms with Gasteiger partial charge in [0.2, 0.25) is 0 Å². The third-order valence-electron chi connectivity index (χ3n) is 1.76. The first-order valence-corrected chi connectivity index (χ1v) is 3.71. The van der Waals surface area contributed by atoms with Crippen LogP contribution in [0.4, 0.5) is 0 Å². The van der Waals surface area contributed by atoms with Crippen molar-refractivity contribution in [3.05, 3.63) is 23.5 Å². The maximum atomic E-state index is 8.98. The Morgan fingerprint density at radius 1 is 1.50 bits per heavy atom. The lowest BCUT2D eigenvalue weighted by atomic mass is 10.1. The van der Waals surface area contributed by atoms with E-state index in [1.807, 2.05) is 18.2 Å². The van der Waals surface area contributed by atoms with Crippen LogP contribution in [0.1, 0.15) is 17.8 Å². The molecule has 62 valence electrons. The molecule has 1 aromatic rings. The fraction of sp³-hybridized carbons (Fsp3) is 0.250. The second kappa shape index (κ2) is 2.91. The van der Waals surface area contributed by atoms with Crippen LogP contribution in [0, 0.1) is 0 Å². The van der Waals surface area contributed by atoms with Gasteiger partial charge >= 0.3 is 0 Å². The summed E-state index contributed by atoms with van der Waals surface area (Å²) in [5, 5.41) is 16.4. The number of aliphatic hydroxyl groups is 1. The summed E-state index contributed by atoms with van der Waals surface area (Å²) in [6.45, 7) is -0.0249. The molecule has 0 atom stereocenters. The molecule has 0 radical (unpaired) electrons. The number of aliphatic hydroxyl groups excluding tert-OH is 1. The molecule has 1 aromatic heterocycles. The Bertz CT molecular complexity index is 339. The zero-order valence-electron chi connectivity index (χ0n) is 6.40. The molecule has 2 rings (SSSR count). The molecule has 1 N–H and O–H groups in total. The third-order valence-corrected chi connectivity index (χ3v) is 1.76. The second-order valence-electron chi connectivity index (χ2n) is 2.52. The van der Waals surface area contributed by atoms with E-state index in [0.29, 0.717) is 11.4 Å². The van der Waals surface area contributed by atoms with Crippen molar-refractivity contribution >= 4 is 11.6 Å². The van der Waals surface area contributed by atoms with E-state index in [9.17, 15) is 0 Å². The Morgan fingerprint density at radius 3 is 3.25 bits per heavy atom. The van der Waals surface area contributed by atoms with E-state index in [-0.39, 0.29) is 6.61 Å². The van der Waals surface area contributed by atoms with Crippen LogP contribution >= 0.6 is 0 Å². The van der Waals surface area contributed by atoms with Crippen LogP contribution in [0.25, 0.3) is 11.6 Å². The molecule has 0 fully saturated rings. The number of aromatic nitrogens is 2. The molecule has 1 aliphatic carbocycles. The Hall–Kier alpha value is -1.42. The van der Waals surface area contributed by atoms with Crippen LogP contribution in [0.3, 0.4) is 0 Å². The van der Waals surface area contributed by atoms with Crippen molar-refractivity contribution in [1.82, 2.24) is 10.3 Å². The molecule has 4 heteroatoms. The van der Waals surface area contributed by atoms with Gasteiger partial charge in [0.25, 0.3) is 0 Å². The summed E-state index contributed by atoms with van der Waals surface area (Å²) in [4.78, 5) is 0. The summed E-state index contributed by atoms with van der Waals surface area (Å²) in [6.07, 6.45) is 6.50. The SMILES string of the molecule is OCC1=CCC=Cc2nonc21. The summed E-state index contributed by atoms with van der Waals surface area (Å²) < 4.78 is 4.55. The summed E-state index contributed by atoms with van der Waals surface area (Å²) >= 11 is 0. The lowest BCUT2D eigenvalue weighted by molar-refractivity contribution is 0.303. The third kappa shape index (κ3) is 1.06. The predicted molar refractivity (Wildman–Crippen MR) is 43.0 cm³/mol. The Morgan fingerprint density at radius 2 is 2.42 bits per heavy atom. The van der Waals surface area contributed by atoms with Gasteiger partial charge in [-0.25, -0.2) is 4.63 Å². The van der Waals surface area contributed by atoms with Crippen LogP contribution in [0.15, 0.2) is 16.8 Å². The molecule has 0 saturated carbocycles. The minimum atomic E-state index is -0.0249. The first-order chi connectivity index (χ1) is 5.92. The van der Waals surface area contributed by atoms with E-state index in [4.69, 9.17) is 5.11 Å². The minimum Gasteiger partial charge on any atom is -0.392 e. The molecule has 1 heterocycles. The molecule has 0 aliphatic heterocycles. The summed E-state index contributed by atoms with van der Waals surface area (Å²) in [5.74, 6) is 0. The smallest absolute Gasteiger partial charge is 0.140 e. The molecule has 0 amide bonds. The van der Waals surface area contributed by atoms with Gasteiger partial charge in [-0.3, -0.25) is 0 Å². The summed E-state index contributed by atoms with van der Waals surface area (Å²) in [6, 6.07) is 0. The van der Waals surface area contributed by atoms with Crippen molar-refractivity contribution in [2.75, 3.05) is 6.61 Å². The lowest BCUT2D eigenvalue weighted by Crippen LogP contribution is -1.91. The average molecular weight is 164 g/mol. The molecule has 12 heavy (non-hydrogen) atoms. The van der Waals surface area contributed by atoms with Gasteiger partial charge in [0.15, 0.2) is 0 Å². The Kier molecular flexibility index (Phi) is 1.75. The van der Waals surface area contributed by atoms with Crippen LogP contribution in [0.2, 0.25) is 0 Å². The highest BCUT2D eigenvalue weighted by Crippen LogP contribution is 2.20. The molecule has 0 aromatic carbocycles. The van der Waals surface area contributed by atoms with E-state index in [1.165, 1.54) is 0 Å². The molecule has 0 spiro atoms. The molecular formula is C8H8N2O2. The number of fused-ring (bicyclic) bond motifs is 1. The van der Waals surface area contributed by atoms with E-state index < -0.39 is 0 Å². The predicted octanol–water partition coefficient (Wildman–Crippen LogP) is 0.862. The Balaban J connectivity index is 2.51. The van der Waals surface area contributed by atoms with Gasteiger partial charge in [0.05, 0.1) is 6.61 Å². The normalized spacial score (nSPS) is 15.2. The molecule has 0 bridgehead atoms. The average Bonchev–Trinajstić information content (AvgIpc) is 2.46. The van der Waals surface area contributed by atoms with Gasteiger partial charge in [-0.1, -0.05) is 12.2 Å². The maximum absolute atomic E-state index is 8.98. The zero-order chi connectivity index (χ0) is 8.39. The summed E-state index contributed by atoms with van der Waals surface area (Å²) in [7, 11) is 0. The van der Waals surface area contributed by atoms with Crippen molar-refractivity contribution in [1.29, 1.82) is 0 Å². The van der Waals surface area contributed by atoms with Crippen molar-refractivity contribution in [2.24, 2.45) is 0 Å². The van der Waals surface area contributed by atoms with E-state index in [1.54, 1.807) is 0 Å². The monoisotopic (exact) mass is 164 g/mol. The van der Waals surface area contributed by atoms with Gasteiger partial charge in [-0.2, -0.15) is 0 Å². The number of hydrogen-bond acceptors (Lipinski definition) is 4. The van der Waals surface area contributed by atoms with E-state index in [0.717, 1.165) is 12.0 Å². The molecule has 0 unspecified atom stereocenters. The lowest BCUT2D eigenvalue weighted by Gasteiger charge is -1.95. The van der Waals surface area contributed by atoms with Gasteiger partial charge in [0, 0.05) is 5.57 Å². The summed E-state index contributed by atoms with van der Waals surface area (Å²) in [5.41, 5.74) is 2.11. The fourth-order valence-electron chi connectivity index (χ4n) is 1.15. The van der Waals surface area contributed by atoms with Crippen LogP contribution in [0.5, 0.6) is 0 Å². The Labute approximate surface area is 69.2 Å². The van der Waals surface area contributed by atoms with Crippen molar-refractivity contribution in [3.8, 4) is 0 Å². The van der Waals surface area contributed by atoms with E-state index in [2.05, 4.69) is 14.9 Å². The molecular weight excluding hydrogens is 156 g/mol. The second-order valence-corrected chi connectivity index (χ2v) is 2.52. The first-order valence-electron chi connectivity index (χ1n) is 3.71. The van der Waals surface area contributed by atoms with Gasteiger partial charge in [-0.05, 0) is 22.8 Å². The molecule has 1 aliphatic rings. The maximum Gasteiger partial charge on any atom is 0.140 e. The highest BCUT2D eigenvalue weighted by atomic mass is 16.6. The van der Waals surface area contributed by atoms with Crippen LogP contribution in [-0.2, 0) is 0 Å². The first kappa shape index (κ1) is 7.24. The highest BCUT2D eigenvalue weighted by Gasteiger charge is 2.12. The molecule has 0 saturated heterocycles.